The highest BCUT2D eigenvalue weighted by atomic mass is 16.3. The van der Waals surface area contributed by atoms with Crippen LogP contribution in [0.5, 0.6) is 0 Å². The summed E-state index contributed by atoms with van der Waals surface area (Å²) in [6.07, 6.45) is 1.24. The number of carbonyl (C=O) groups is 1. The summed E-state index contributed by atoms with van der Waals surface area (Å²) in [5, 5.41) is 12.4. The summed E-state index contributed by atoms with van der Waals surface area (Å²) in [7, 11) is 0. The maximum absolute atomic E-state index is 11.7. The fourth-order valence-corrected chi connectivity index (χ4v) is 1.56. The molecule has 0 aliphatic rings. The van der Waals surface area contributed by atoms with E-state index in [1.807, 2.05) is 32.9 Å². The lowest BCUT2D eigenvalue weighted by molar-refractivity contribution is -0.123. The molecule has 0 radical (unpaired) electrons. The minimum Gasteiger partial charge on any atom is -0.387 e. The summed E-state index contributed by atoms with van der Waals surface area (Å²) in [5.74, 6) is -0.0504. The Hall–Kier alpha value is -1.29. The lowest BCUT2D eigenvalue weighted by Gasteiger charge is -2.21. The molecule has 1 aromatic rings. The van der Waals surface area contributed by atoms with Crippen molar-refractivity contribution in [2.45, 2.75) is 45.9 Å². The van der Waals surface area contributed by atoms with Crippen molar-refractivity contribution < 1.29 is 9.90 Å². The van der Waals surface area contributed by atoms with Gasteiger partial charge in [0.2, 0.25) is 5.91 Å². The fourth-order valence-electron chi connectivity index (χ4n) is 1.56. The first kappa shape index (κ1) is 12.8. The molecule has 0 aromatic carbocycles. The summed E-state index contributed by atoms with van der Waals surface area (Å²) in [5.41, 5.74) is 0.527. The predicted molar refractivity (Wildman–Crippen MR) is 63.0 cm³/mol. The van der Waals surface area contributed by atoms with Gasteiger partial charge in [0.15, 0.2) is 0 Å². The Labute approximate surface area is 96.3 Å². The van der Waals surface area contributed by atoms with Gasteiger partial charge in [0, 0.05) is 17.4 Å². The zero-order chi connectivity index (χ0) is 12.3. The molecule has 2 N–H and O–H groups in total. The van der Waals surface area contributed by atoms with Gasteiger partial charge in [-0.1, -0.05) is 0 Å². The predicted octanol–water partition coefficient (Wildman–Crippen LogP) is 1.46. The van der Waals surface area contributed by atoms with Gasteiger partial charge in [-0.25, -0.2) is 0 Å². The highest BCUT2D eigenvalue weighted by Gasteiger charge is 2.15. The van der Waals surface area contributed by atoms with Gasteiger partial charge in [-0.05, 0) is 39.8 Å². The van der Waals surface area contributed by atoms with E-state index in [9.17, 15) is 9.90 Å². The molecule has 1 rings (SSSR count). The molecule has 16 heavy (non-hydrogen) atoms. The Kier molecular flexibility index (Phi) is 3.75. The molecular formula is C12H20N2O2. The third-order valence-corrected chi connectivity index (χ3v) is 2.12. The number of nitrogens with one attached hydrogen (secondary N) is 1. The van der Waals surface area contributed by atoms with E-state index in [4.69, 9.17) is 0 Å². The standard InChI is InChI=1S/C12H20N2O2/c1-9(15)10-6-5-7-14(10)8-11(16)13-12(2,3)4/h5-7,9,15H,8H2,1-4H3,(H,13,16). The van der Waals surface area contributed by atoms with Gasteiger partial charge in [-0.2, -0.15) is 0 Å². The van der Waals surface area contributed by atoms with Crippen LogP contribution >= 0.6 is 0 Å². The summed E-state index contributed by atoms with van der Waals surface area (Å²) in [6, 6.07) is 3.64. The van der Waals surface area contributed by atoms with E-state index in [1.165, 1.54) is 0 Å². The number of aliphatic hydroxyl groups is 1. The maximum atomic E-state index is 11.7. The number of hydrogen-bond acceptors (Lipinski definition) is 2. The first-order valence-electron chi connectivity index (χ1n) is 5.44. The molecule has 4 heteroatoms. The van der Waals surface area contributed by atoms with Crippen molar-refractivity contribution in [1.82, 2.24) is 9.88 Å². The molecule has 0 aliphatic heterocycles. The van der Waals surface area contributed by atoms with E-state index in [0.717, 1.165) is 5.69 Å². The molecule has 0 saturated carbocycles. The quantitative estimate of drug-likeness (QED) is 0.816. The van der Waals surface area contributed by atoms with Gasteiger partial charge in [-0.15, -0.1) is 0 Å². The number of rotatable bonds is 3. The summed E-state index contributed by atoms with van der Waals surface area (Å²) >= 11 is 0. The molecular weight excluding hydrogens is 204 g/mol. The lowest BCUT2D eigenvalue weighted by Crippen LogP contribution is -2.42. The smallest absolute Gasteiger partial charge is 0.240 e. The van der Waals surface area contributed by atoms with Crippen molar-refractivity contribution in [3.8, 4) is 0 Å². The van der Waals surface area contributed by atoms with Gasteiger partial charge in [0.1, 0.15) is 6.54 Å². The van der Waals surface area contributed by atoms with E-state index >= 15 is 0 Å². The van der Waals surface area contributed by atoms with Crippen molar-refractivity contribution in [2.24, 2.45) is 0 Å². The number of aliphatic hydroxyl groups excluding tert-OH is 1. The highest BCUT2D eigenvalue weighted by molar-refractivity contribution is 5.76. The zero-order valence-electron chi connectivity index (χ0n) is 10.3. The first-order valence-corrected chi connectivity index (χ1v) is 5.44. The second kappa shape index (κ2) is 4.70. The zero-order valence-corrected chi connectivity index (χ0v) is 10.3. The summed E-state index contributed by atoms with van der Waals surface area (Å²) in [4.78, 5) is 11.7. The first-order chi connectivity index (χ1) is 7.29. The minimum absolute atomic E-state index is 0.0504. The third kappa shape index (κ3) is 3.70. The second-order valence-corrected chi connectivity index (χ2v) is 5.04. The molecule has 0 saturated heterocycles. The van der Waals surface area contributed by atoms with Crippen LogP contribution in [-0.2, 0) is 11.3 Å². The van der Waals surface area contributed by atoms with Crippen LogP contribution in [0, 0.1) is 0 Å². The van der Waals surface area contributed by atoms with Crippen molar-refractivity contribution in [3.05, 3.63) is 24.0 Å². The number of aromatic nitrogens is 1. The van der Waals surface area contributed by atoms with Crippen LogP contribution < -0.4 is 5.32 Å². The van der Waals surface area contributed by atoms with Crippen LogP contribution in [0.15, 0.2) is 18.3 Å². The summed E-state index contributed by atoms with van der Waals surface area (Å²) in [6.45, 7) is 7.75. The van der Waals surface area contributed by atoms with Crippen LogP contribution in [0.2, 0.25) is 0 Å². The van der Waals surface area contributed by atoms with Crippen molar-refractivity contribution in [2.75, 3.05) is 0 Å². The molecule has 1 aromatic heterocycles. The van der Waals surface area contributed by atoms with Crippen molar-refractivity contribution >= 4 is 5.91 Å². The molecule has 90 valence electrons. The van der Waals surface area contributed by atoms with Gasteiger partial charge >= 0.3 is 0 Å². The van der Waals surface area contributed by atoms with Crippen LogP contribution in [-0.4, -0.2) is 21.1 Å². The largest absolute Gasteiger partial charge is 0.387 e. The van der Waals surface area contributed by atoms with Crippen LogP contribution in [0.4, 0.5) is 0 Å². The minimum atomic E-state index is -0.558. The Morgan fingerprint density at radius 3 is 2.69 bits per heavy atom. The van der Waals surface area contributed by atoms with Gasteiger partial charge < -0.3 is 15.0 Å². The van der Waals surface area contributed by atoms with E-state index in [2.05, 4.69) is 5.32 Å². The average molecular weight is 224 g/mol. The SMILES string of the molecule is CC(O)c1cccn1CC(=O)NC(C)(C)C. The van der Waals surface area contributed by atoms with Gasteiger partial charge in [0.05, 0.1) is 6.10 Å². The molecule has 0 bridgehead atoms. The van der Waals surface area contributed by atoms with Crippen LogP contribution in [0.1, 0.15) is 39.5 Å². The molecule has 1 unspecified atom stereocenters. The number of amides is 1. The Bertz CT molecular complexity index is 361. The maximum Gasteiger partial charge on any atom is 0.240 e. The van der Waals surface area contributed by atoms with Crippen molar-refractivity contribution in [1.29, 1.82) is 0 Å². The van der Waals surface area contributed by atoms with Gasteiger partial charge in [0.25, 0.3) is 0 Å². The Morgan fingerprint density at radius 2 is 2.19 bits per heavy atom. The average Bonchev–Trinajstić information content (AvgIpc) is 2.47. The second-order valence-electron chi connectivity index (χ2n) is 5.04. The molecule has 1 atom stereocenters. The van der Waals surface area contributed by atoms with Crippen LogP contribution in [0.3, 0.4) is 0 Å². The molecule has 0 fully saturated rings. The number of hydrogen-bond donors (Lipinski definition) is 2. The Morgan fingerprint density at radius 1 is 1.56 bits per heavy atom. The number of carbonyl (C=O) groups excluding carboxylic acids is 1. The van der Waals surface area contributed by atoms with E-state index in [-0.39, 0.29) is 18.0 Å². The van der Waals surface area contributed by atoms with E-state index in [1.54, 1.807) is 17.7 Å². The number of nitrogens with zero attached hydrogens (tertiary/aromatic N) is 1. The van der Waals surface area contributed by atoms with Gasteiger partial charge in [-0.3, -0.25) is 4.79 Å². The monoisotopic (exact) mass is 224 g/mol. The Balaban J connectivity index is 2.67. The molecule has 1 heterocycles. The fraction of sp³-hybridized carbons (Fsp3) is 0.583. The van der Waals surface area contributed by atoms with Crippen LogP contribution in [0.25, 0.3) is 0 Å². The topological polar surface area (TPSA) is 54.3 Å². The molecule has 0 aliphatic carbocycles. The highest BCUT2D eigenvalue weighted by Crippen LogP contribution is 2.12. The summed E-state index contributed by atoms with van der Waals surface area (Å²) < 4.78 is 1.76. The normalized spacial score (nSPS) is 13.6. The third-order valence-electron chi connectivity index (χ3n) is 2.12. The van der Waals surface area contributed by atoms with E-state index in [0.29, 0.717) is 0 Å². The molecule has 1 amide bonds. The molecule has 0 spiro atoms. The van der Waals surface area contributed by atoms with E-state index < -0.39 is 6.10 Å². The lowest BCUT2D eigenvalue weighted by atomic mass is 10.1. The van der Waals surface area contributed by atoms with Crippen molar-refractivity contribution in [3.63, 3.8) is 0 Å². The molecule has 4 nitrogen and oxygen atoms in total.